The number of hydrogen-bond acceptors (Lipinski definition) is 3. The van der Waals surface area contributed by atoms with Gasteiger partial charge in [-0.2, -0.15) is 0 Å². The molecule has 1 aromatic heterocycles. The number of halogens is 1. The molecule has 2 N–H and O–H groups in total. The van der Waals surface area contributed by atoms with Crippen LogP contribution in [-0.2, 0) is 17.8 Å². The number of nitrogens with zero attached hydrogens (tertiary/aromatic N) is 1. The number of amides is 1. The van der Waals surface area contributed by atoms with Gasteiger partial charge in [-0.1, -0.05) is 26.7 Å². The molecule has 3 rings (SSSR count). The third-order valence-corrected chi connectivity index (χ3v) is 5.36. The van der Waals surface area contributed by atoms with E-state index in [2.05, 4.69) is 18.4 Å². The van der Waals surface area contributed by atoms with Gasteiger partial charge in [0.2, 0.25) is 5.91 Å². The zero-order valence-corrected chi connectivity index (χ0v) is 16.0. The van der Waals surface area contributed by atoms with Crippen molar-refractivity contribution in [1.82, 2.24) is 10.0 Å². The van der Waals surface area contributed by atoms with Gasteiger partial charge in [0.1, 0.15) is 5.82 Å². The number of hydroxylamine groups is 1. The van der Waals surface area contributed by atoms with Crippen molar-refractivity contribution in [2.45, 2.75) is 65.3 Å². The van der Waals surface area contributed by atoms with Crippen LogP contribution in [0.5, 0.6) is 0 Å². The molecule has 0 spiro atoms. The Bertz CT molecular complexity index is 870. The van der Waals surface area contributed by atoms with Gasteiger partial charge in [0.15, 0.2) is 5.78 Å². The lowest BCUT2D eigenvalue weighted by molar-refractivity contribution is -0.129. The molecular formula is C21H27FN2O3. The Labute approximate surface area is 158 Å². The SMILES string of the molecule is CC1(C)CC(=O)c2c(n(CCCCCCC(=O)NO)c3ccc(F)cc23)C1. The molecule has 0 bridgehead atoms. The van der Waals surface area contributed by atoms with E-state index in [-0.39, 0.29) is 22.9 Å². The summed E-state index contributed by atoms with van der Waals surface area (Å²) in [4.78, 5) is 23.8. The van der Waals surface area contributed by atoms with Crippen LogP contribution in [0.4, 0.5) is 4.39 Å². The second-order valence-corrected chi connectivity index (χ2v) is 8.27. The van der Waals surface area contributed by atoms with Crippen LogP contribution in [0.15, 0.2) is 18.2 Å². The second kappa shape index (κ2) is 7.80. The topological polar surface area (TPSA) is 71.3 Å². The zero-order chi connectivity index (χ0) is 19.6. The number of Topliss-reactive ketones (excluding diaryl/α,β-unsaturated/α-hetero) is 1. The Hall–Kier alpha value is -2.21. The number of ketones is 1. The highest BCUT2D eigenvalue weighted by Gasteiger charge is 2.35. The molecule has 1 aromatic carbocycles. The van der Waals surface area contributed by atoms with E-state index in [1.165, 1.54) is 12.1 Å². The van der Waals surface area contributed by atoms with Crippen molar-refractivity contribution < 1.29 is 19.2 Å². The number of nitrogens with one attached hydrogen (secondary N) is 1. The van der Waals surface area contributed by atoms with Crippen LogP contribution in [0.25, 0.3) is 10.9 Å². The van der Waals surface area contributed by atoms with Crippen molar-refractivity contribution in [1.29, 1.82) is 0 Å². The molecule has 5 nitrogen and oxygen atoms in total. The van der Waals surface area contributed by atoms with Crippen molar-refractivity contribution >= 4 is 22.6 Å². The predicted molar refractivity (Wildman–Crippen MR) is 101 cm³/mol. The van der Waals surface area contributed by atoms with E-state index >= 15 is 0 Å². The number of rotatable bonds is 7. The molecule has 0 atom stereocenters. The van der Waals surface area contributed by atoms with Crippen molar-refractivity contribution in [3.63, 3.8) is 0 Å². The summed E-state index contributed by atoms with van der Waals surface area (Å²) in [6, 6.07) is 4.71. The minimum atomic E-state index is -0.358. The molecule has 146 valence electrons. The molecule has 1 heterocycles. The molecule has 1 amide bonds. The first-order chi connectivity index (χ1) is 12.8. The first-order valence-corrected chi connectivity index (χ1v) is 9.59. The quantitative estimate of drug-likeness (QED) is 0.429. The van der Waals surface area contributed by atoms with Crippen LogP contribution >= 0.6 is 0 Å². The first kappa shape index (κ1) is 19.5. The van der Waals surface area contributed by atoms with Crippen LogP contribution in [0.3, 0.4) is 0 Å². The molecule has 0 saturated heterocycles. The van der Waals surface area contributed by atoms with E-state index in [0.717, 1.165) is 55.2 Å². The van der Waals surface area contributed by atoms with Gasteiger partial charge in [-0.3, -0.25) is 14.8 Å². The highest BCUT2D eigenvalue weighted by molar-refractivity contribution is 6.10. The molecule has 2 aromatic rings. The standard InChI is InChI=1S/C21H27FN2O3/c1-21(2)12-17-20(18(25)13-21)15-11-14(22)8-9-16(15)24(17)10-6-4-3-5-7-19(26)23-27/h8-9,11,27H,3-7,10,12-13H2,1-2H3,(H,23,26). The summed E-state index contributed by atoms with van der Waals surface area (Å²) in [5, 5.41) is 9.23. The highest BCUT2D eigenvalue weighted by atomic mass is 19.1. The molecule has 1 aliphatic carbocycles. The first-order valence-electron chi connectivity index (χ1n) is 9.59. The summed E-state index contributed by atoms with van der Waals surface area (Å²) < 4.78 is 16.0. The smallest absolute Gasteiger partial charge is 0.243 e. The molecule has 27 heavy (non-hydrogen) atoms. The third kappa shape index (κ3) is 4.21. The molecular weight excluding hydrogens is 347 g/mol. The number of unbranched alkanes of at least 4 members (excludes halogenated alkanes) is 3. The van der Waals surface area contributed by atoms with E-state index < -0.39 is 0 Å². The van der Waals surface area contributed by atoms with Crippen LogP contribution < -0.4 is 5.48 Å². The normalized spacial score (nSPS) is 15.8. The fourth-order valence-electron chi connectivity index (χ4n) is 4.13. The Morgan fingerprint density at radius 1 is 1.22 bits per heavy atom. The number of carbonyl (C=O) groups excluding carboxylic acids is 2. The number of aromatic nitrogens is 1. The van der Waals surface area contributed by atoms with Gasteiger partial charge in [0.25, 0.3) is 0 Å². The van der Waals surface area contributed by atoms with Gasteiger partial charge in [-0.25, -0.2) is 9.87 Å². The van der Waals surface area contributed by atoms with Crippen molar-refractivity contribution in [3.05, 3.63) is 35.3 Å². The number of benzene rings is 1. The number of carbonyl (C=O) groups is 2. The van der Waals surface area contributed by atoms with E-state index in [1.54, 1.807) is 11.5 Å². The fraction of sp³-hybridized carbons (Fsp3) is 0.524. The van der Waals surface area contributed by atoms with Crippen molar-refractivity contribution in [2.75, 3.05) is 0 Å². The Kier molecular flexibility index (Phi) is 5.65. The maximum absolute atomic E-state index is 13.8. The minimum absolute atomic E-state index is 0.0909. The van der Waals surface area contributed by atoms with E-state index in [1.807, 2.05) is 0 Å². The summed E-state index contributed by atoms with van der Waals surface area (Å²) in [6.07, 6.45) is 5.11. The Morgan fingerprint density at radius 3 is 2.70 bits per heavy atom. The largest absolute Gasteiger partial charge is 0.344 e. The van der Waals surface area contributed by atoms with Crippen LogP contribution in [-0.4, -0.2) is 21.5 Å². The summed E-state index contributed by atoms with van der Waals surface area (Å²) >= 11 is 0. The average molecular weight is 374 g/mol. The number of hydrogen-bond donors (Lipinski definition) is 2. The van der Waals surface area contributed by atoms with Gasteiger partial charge >= 0.3 is 0 Å². The number of aryl methyl sites for hydroxylation is 1. The van der Waals surface area contributed by atoms with Crippen molar-refractivity contribution in [2.24, 2.45) is 5.41 Å². The maximum Gasteiger partial charge on any atom is 0.243 e. The van der Waals surface area contributed by atoms with Crippen LogP contribution in [0.2, 0.25) is 0 Å². The Morgan fingerprint density at radius 2 is 1.96 bits per heavy atom. The lowest BCUT2D eigenvalue weighted by Crippen LogP contribution is -2.28. The molecule has 0 unspecified atom stereocenters. The van der Waals surface area contributed by atoms with Crippen LogP contribution in [0, 0.1) is 11.2 Å². The van der Waals surface area contributed by atoms with E-state index in [0.29, 0.717) is 18.4 Å². The van der Waals surface area contributed by atoms with Gasteiger partial charge in [-0.05, 0) is 42.9 Å². The lowest BCUT2D eigenvalue weighted by atomic mass is 9.75. The molecule has 6 heteroatoms. The second-order valence-electron chi connectivity index (χ2n) is 8.27. The third-order valence-electron chi connectivity index (χ3n) is 5.36. The summed E-state index contributed by atoms with van der Waals surface area (Å²) in [6.45, 7) is 4.97. The highest BCUT2D eigenvalue weighted by Crippen LogP contribution is 2.40. The number of fused-ring (bicyclic) bond motifs is 3. The zero-order valence-electron chi connectivity index (χ0n) is 16.0. The molecule has 1 aliphatic rings. The van der Waals surface area contributed by atoms with Gasteiger partial charge in [0, 0.05) is 41.5 Å². The lowest BCUT2D eigenvalue weighted by Gasteiger charge is -2.29. The molecule has 0 aliphatic heterocycles. The molecule has 0 fully saturated rings. The summed E-state index contributed by atoms with van der Waals surface area (Å²) in [5.74, 6) is -0.573. The van der Waals surface area contributed by atoms with E-state index in [9.17, 15) is 14.0 Å². The maximum atomic E-state index is 13.8. The molecule has 0 radical (unpaired) electrons. The van der Waals surface area contributed by atoms with Gasteiger partial charge in [-0.15, -0.1) is 0 Å². The predicted octanol–water partition coefficient (Wildman–Crippen LogP) is 4.39. The fourth-order valence-corrected chi connectivity index (χ4v) is 4.13. The monoisotopic (exact) mass is 374 g/mol. The van der Waals surface area contributed by atoms with Gasteiger partial charge in [0.05, 0.1) is 0 Å². The summed E-state index contributed by atoms with van der Waals surface area (Å²) in [7, 11) is 0. The van der Waals surface area contributed by atoms with Gasteiger partial charge < -0.3 is 4.57 Å². The summed E-state index contributed by atoms with van der Waals surface area (Å²) in [5.41, 5.74) is 4.20. The minimum Gasteiger partial charge on any atom is -0.344 e. The Balaban J connectivity index is 1.79. The average Bonchev–Trinajstić information content (AvgIpc) is 2.89. The molecule has 0 saturated carbocycles. The van der Waals surface area contributed by atoms with Crippen LogP contribution in [0.1, 0.15) is 68.4 Å². The van der Waals surface area contributed by atoms with Crippen molar-refractivity contribution in [3.8, 4) is 0 Å². The van der Waals surface area contributed by atoms with E-state index in [4.69, 9.17) is 5.21 Å².